The zero-order chi connectivity index (χ0) is 21.7. The third-order valence-corrected chi connectivity index (χ3v) is 8.46. The lowest BCUT2D eigenvalue weighted by Gasteiger charge is -2.21. The predicted molar refractivity (Wildman–Crippen MR) is 138 cm³/mol. The van der Waals surface area contributed by atoms with E-state index < -0.39 is 0 Å². The molecule has 0 amide bonds. The van der Waals surface area contributed by atoms with Crippen LogP contribution in [0, 0.1) is 11.8 Å². The molecule has 2 nitrogen and oxygen atoms in total. The van der Waals surface area contributed by atoms with Crippen molar-refractivity contribution in [3.05, 3.63) is 0 Å². The van der Waals surface area contributed by atoms with Gasteiger partial charge in [0.05, 0.1) is 6.10 Å². The molecule has 0 aromatic heterocycles. The van der Waals surface area contributed by atoms with Gasteiger partial charge in [-0.1, -0.05) is 115 Å². The average molecular weight is 552 g/mol. The maximum absolute atomic E-state index is 10.9. The van der Waals surface area contributed by atoms with E-state index in [1.165, 1.54) is 116 Å². The Morgan fingerprint density at radius 3 is 1.80 bits per heavy atom. The van der Waals surface area contributed by atoms with Crippen LogP contribution in [-0.4, -0.2) is 29.7 Å². The van der Waals surface area contributed by atoms with Gasteiger partial charge in [0.1, 0.15) is 6.29 Å². The van der Waals surface area contributed by atoms with Gasteiger partial charge in [-0.2, -0.15) is 0 Å². The van der Waals surface area contributed by atoms with Gasteiger partial charge < -0.3 is 9.53 Å². The highest BCUT2D eigenvalue weighted by Crippen LogP contribution is 2.22. The van der Waals surface area contributed by atoms with Crippen molar-refractivity contribution >= 4 is 38.1 Å². The zero-order valence-electron chi connectivity index (χ0n) is 19.4. The Balaban J connectivity index is 1.78. The highest BCUT2D eigenvalue weighted by atomic mass is 79.9. The third kappa shape index (κ3) is 16.3. The first-order valence-electron chi connectivity index (χ1n) is 13.0. The first kappa shape index (κ1) is 28.6. The second-order valence-electron chi connectivity index (χ2n) is 9.46. The van der Waals surface area contributed by atoms with Crippen LogP contribution in [0.5, 0.6) is 0 Å². The fourth-order valence-corrected chi connectivity index (χ4v) is 5.66. The lowest BCUT2D eigenvalue weighted by Crippen LogP contribution is -2.17. The molecule has 4 heteroatoms. The molecule has 1 aliphatic rings. The van der Waals surface area contributed by atoms with Crippen LogP contribution in [0.2, 0.25) is 0 Å². The molecular weight excluding hydrogens is 504 g/mol. The van der Waals surface area contributed by atoms with E-state index in [-0.39, 0.29) is 5.92 Å². The second kappa shape index (κ2) is 21.4. The van der Waals surface area contributed by atoms with Gasteiger partial charge in [0.15, 0.2) is 0 Å². The molecule has 0 spiro atoms. The van der Waals surface area contributed by atoms with Crippen LogP contribution >= 0.6 is 31.9 Å². The van der Waals surface area contributed by atoms with Crippen LogP contribution in [0.4, 0.5) is 0 Å². The Bertz CT molecular complexity index is 372. The topological polar surface area (TPSA) is 26.3 Å². The molecule has 178 valence electrons. The van der Waals surface area contributed by atoms with E-state index in [2.05, 4.69) is 31.9 Å². The largest absolute Gasteiger partial charge is 0.378 e. The van der Waals surface area contributed by atoms with Crippen molar-refractivity contribution in [3.8, 4) is 0 Å². The fraction of sp³-hybridized carbons (Fsp3) is 0.962. The fourth-order valence-electron chi connectivity index (χ4n) is 4.54. The molecule has 0 aliphatic heterocycles. The molecule has 0 saturated heterocycles. The summed E-state index contributed by atoms with van der Waals surface area (Å²) in [6, 6.07) is 0. The van der Waals surface area contributed by atoms with Crippen molar-refractivity contribution in [2.75, 3.05) is 17.3 Å². The lowest BCUT2D eigenvalue weighted by atomic mass is 9.94. The second-order valence-corrected chi connectivity index (χ2v) is 10.8. The zero-order valence-corrected chi connectivity index (χ0v) is 22.6. The number of carbonyl (C=O) groups is 1. The van der Waals surface area contributed by atoms with Crippen molar-refractivity contribution in [1.82, 2.24) is 0 Å². The molecule has 0 radical (unpaired) electrons. The van der Waals surface area contributed by atoms with Gasteiger partial charge >= 0.3 is 0 Å². The van der Waals surface area contributed by atoms with Gasteiger partial charge in [-0.05, 0) is 44.4 Å². The van der Waals surface area contributed by atoms with E-state index in [0.29, 0.717) is 6.10 Å². The summed E-state index contributed by atoms with van der Waals surface area (Å²) >= 11 is 7.09. The summed E-state index contributed by atoms with van der Waals surface area (Å²) in [4.78, 5) is 10.9. The number of ether oxygens (including phenoxy) is 1. The first-order chi connectivity index (χ1) is 14.8. The summed E-state index contributed by atoms with van der Waals surface area (Å²) in [6.45, 7) is 0.995. The minimum Gasteiger partial charge on any atom is -0.378 e. The van der Waals surface area contributed by atoms with Gasteiger partial charge in [-0.25, -0.2) is 0 Å². The molecule has 2 atom stereocenters. The number of hydrogen-bond donors (Lipinski definition) is 0. The van der Waals surface area contributed by atoms with Crippen LogP contribution in [0.25, 0.3) is 0 Å². The van der Waals surface area contributed by atoms with Crippen molar-refractivity contribution in [3.63, 3.8) is 0 Å². The van der Waals surface area contributed by atoms with Gasteiger partial charge in [0.2, 0.25) is 0 Å². The van der Waals surface area contributed by atoms with E-state index in [9.17, 15) is 4.79 Å². The summed E-state index contributed by atoms with van der Waals surface area (Å²) in [5.41, 5.74) is 0. The lowest BCUT2D eigenvalue weighted by molar-refractivity contribution is -0.110. The summed E-state index contributed by atoms with van der Waals surface area (Å²) in [5, 5.41) is 1.88. The number of alkyl halides is 2. The number of rotatable bonds is 21. The normalized spacial score (nSPS) is 17.1. The van der Waals surface area contributed by atoms with Crippen molar-refractivity contribution in [2.45, 2.75) is 128 Å². The van der Waals surface area contributed by atoms with Crippen LogP contribution in [0.1, 0.15) is 122 Å². The molecule has 1 fully saturated rings. The number of aldehydes is 1. The molecular formula is C26H48Br2O2. The molecule has 1 aliphatic carbocycles. The van der Waals surface area contributed by atoms with E-state index in [1.807, 2.05) is 0 Å². The van der Waals surface area contributed by atoms with Crippen molar-refractivity contribution in [1.29, 1.82) is 0 Å². The molecule has 30 heavy (non-hydrogen) atoms. The van der Waals surface area contributed by atoms with Crippen molar-refractivity contribution < 1.29 is 9.53 Å². The number of unbranched alkanes of at least 4 members (excludes halogenated alkanes) is 10. The molecule has 1 saturated carbocycles. The predicted octanol–water partition coefficient (Wildman–Crippen LogP) is 9.02. The number of carbonyl (C=O) groups excluding carboxylic acids is 1. The Kier molecular flexibility index (Phi) is 20.5. The van der Waals surface area contributed by atoms with E-state index in [1.54, 1.807) is 0 Å². The minimum absolute atomic E-state index is 0.196. The van der Waals surface area contributed by atoms with Crippen LogP contribution in [0.15, 0.2) is 0 Å². The Morgan fingerprint density at radius 2 is 1.27 bits per heavy atom. The Labute approximate surface area is 204 Å². The molecule has 2 unspecified atom stereocenters. The van der Waals surface area contributed by atoms with Gasteiger partial charge in [0.25, 0.3) is 0 Å². The minimum atomic E-state index is 0.196. The first-order valence-corrected chi connectivity index (χ1v) is 15.2. The van der Waals surface area contributed by atoms with E-state index in [4.69, 9.17) is 4.74 Å². The maximum atomic E-state index is 10.9. The number of hydrogen-bond acceptors (Lipinski definition) is 2. The van der Waals surface area contributed by atoms with E-state index >= 15 is 0 Å². The molecule has 0 bridgehead atoms. The molecule has 0 heterocycles. The highest BCUT2D eigenvalue weighted by Gasteiger charge is 2.13. The molecule has 1 rings (SSSR count). The summed E-state index contributed by atoms with van der Waals surface area (Å²) < 4.78 is 6.01. The smallest absolute Gasteiger partial charge is 0.123 e. The maximum Gasteiger partial charge on any atom is 0.123 e. The Morgan fingerprint density at radius 1 is 0.700 bits per heavy atom. The van der Waals surface area contributed by atoms with E-state index in [0.717, 1.165) is 35.9 Å². The van der Waals surface area contributed by atoms with Gasteiger partial charge in [0, 0.05) is 23.2 Å². The molecule has 0 N–H and O–H groups in total. The highest BCUT2D eigenvalue weighted by molar-refractivity contribution is 9.09. The quantitative estimate of drug-likeness (QED) is 0.0807. The van der Waals surface area contributed by atoms with Crippen LogP contribution in [-0.2, 0) is 9.53 Å². The monoisotopic (exact) mass is 550 g/mol. The van der Waals surface area contributed by atoms with Gasteiger partial charge in [-0.3, -0.25) is 0 Å². The summed E-state index contributed by atoms with van der Waals surface area (Å²) in [7, 11) is 0. The average Bonchev–Trinajstić information content (AvgIpc) is 2.79. The van der Waals surface area contributed by atoms with Gasteiger partial charge in [-0.15, -0.1) is 0 Å². The number of halogens is 2. The summed E-state index contributed by atoms with van der Waals surface area (Å²) in [5.74, 6) is 0.931. The molecule has 0 aromatic rings. The SMILES string of the molecule is O=CC(CBr)CCC(CBr)CCCCCCCCCCCCCOC1CCCCC1. The third-order valence-electron chi connectivity index (χ3n) is 6.72. The van der Waals surface area contributed by atoms with Crippen LogP contribution in [0.3, 0.4) is 0 Å². The summed E-state index contributed by atoms with van der Waals surface area (Å²) in [6.07, 6.45) is 27.2. The van der Waals surface area contributed by atoms with Crippen LogP contribution < -0.4 is 0 Å². The molecule has 0 aromatic carbocycles. The Hall–Kier alpha value is 0.590. The standard InChI is InChI=1S/C26H48Br2O2/c27-21-24(18-19-25(22-28)23-29)15-11-8-6-4-2-1-3-5-7-9-14-20-30-26-16-12-10-13-17-26/h23-26H,1-22H2. The van der Waals surface area contributed by atoms with Crippen molar-refractivity contribution in [2.24, 2.45) is 11.8 Å².